The third kappa shape index (κ3) is 2.99. The van der Waals surface area contributed by atoms with Crippen LogP contribution in [0.25, 0.3) is 0 Å². The van der Waals surface area contributed by atoms with E-state index in [0.717, 1.165) is 5.69 Å². The molecular formula is C10H16N2O2S. The fraction of sp³-hybridized carbons (Fsp3) is 0.600. The first kappa shape index (κ1) is 12.1. The van der Waals surface area contributed by atoms with Crippen molar-refractivity contribution in [1.29, 1.82) is 0 Å². The van der Waals surface area contributed by atoms with Crippen LogP contribution in [0.15, 0.2) is 6.20 Å². The second-order valence-electron chi connectivity index (χ2n) is 3.49. The molecule has 0 aliphatic rings. The quantitative estimate of drug-likeness (QED) is 0.839. The molecule has 0 spiro atoms. The number of carboxylic acid groups (broad SMARTS) is 1. The monoisotopic (exact) mass is 228 g/mol. The molecule has 0 saturated carbocycles. The number of rotatable bonds is 5. The summed E-state index contributed by atoms with van der Waals surface area (Å²) in [5.74, 6) is -0.193. The van der Waals surface area contributed by atoms with Crippen molar-refractivity contribution in [3.05, 3.63) is 17.5 Å². The van der Waals surface area contributed by atoms with Crippen molar-refractivity contribution < 1.29 is 9.90 Å². The minimum Gasteiger partial charge on any atom is -0.478 e. The largest absolute Gasteiger partial charge is 0.478 e. The molecule has 0 atom stereocenters. The van der Waals surface area contributed by atoms with E-state index in [9.17, 15) is 4.79 Å². The lowest BCUT2D eigenvalue weighted by Crippen LogP contribution is -2.07. The van der Waals surface area contributed by atoms with Gasteiger partial charge in [0.25, 0.3) is 0 Å². The van der Waals surface area contributed by atoms with E-state index in [2.05, 4.69) is 18.9 Å². The standard InChI is InChI=1S/C10H16N2O2S/c1-4-12-9(6-15-7(2)3)8(5-11-12)10(13)14/h5,7H,4,6H2,1-3H3,(H,13,14). The van der Waals surface area contributed by atoms with Crippen LogP contribution in [-0.2, 0) is 12.3 Å². The molecule has 1 rings (SSSR count). The number of aromatic carboxylic acids is 1. The predicted octanol–water partition coefficient (Wildman–Crippen LogP) is 2.24. The van der Waals surface area contributed by atoms with Crippen molar-refractivity contribution in [3.8, 4) is 0 Å². The Bertz CT molecular complexity index is 347. The molecule has 4 nitrogen and oxygen atoms in total. The van der Waals surface area contributed by atoms with E-state index in [1.54, 1.807) is 16.4 Å². The molecule has 0 aliphatic carbocycles. The topological polar surface area (TPSA) is 55.1 Å². The van der Waals surface area contributed by atoms with Gasteiger partial charge in [-0.15, -0.1) is 0 Å². The average molecular weight is 228 g/mol. The number of hydrogen-bond acceptors (Lipinski definition) is 3. The van der Waals surface area contributed by atoms with E-state index in [1.165, 1.54) is 6.20 Å². The highest BCUT2D eigenvalue weighted by molar-refractivity contribution is 7.99. The van der Waals surface area contributed by atoms with Crippen molar-refractivity contribution in [3.63, 3.8) is 0 Å². The molecule has 0 amide bonds. The van der Waals surface area contributed by atoms with Gasteiger partial charge in [0.05, 0.1) is 11.9 Å². The SMILES string of the molecule is CCn1ncc(C(=O)O)c1CSC(C)C. The van der Waals surface area contributed by atoms with Crippen molar-refractivity contribution in [2.45, 2.75) is 38.3 Å². The van der Waals surface area contributed by atoms with Gasteiger partial charge in [-0.25, -0.2) is 4.79 Å². The third-order valence-electron chi connectivity index (χ3n) is 2.03. The fourth-order valence-corrected chi connectivity index (χ4v) is 2.06. The Balaban J connectivity index is 2.90. The van der Waals surface area contributed by atoms with Crippen LogP contribution in [-0.4, -0.2) is 26.1 Å². The van der Waals surface area contributed by atoms with Gasteiger partial charge in [0.2, 0.25) is 0 Å². The Morgan fingerprint density at radius 2 is 2.33 bits per heavy atom. The molecule has 5 heteroatoms. The Kier molecular flexibility index (Phi) is 4.20. The Morgan fingerprint density at radius 3 is 2.80 bits per heavy atom. The molecule has 15 heavy (non-hydrogen) atoms. The predicted molar refractivity (Wildman–Crippen MR) is 61.3 cm³/mol. The summed E-state index contributed by atoms with van der Waals surface area (Å²) in [4.78, 5) is 10.9. The van der Waals surface area contributed by atoms with Crippen LogP contribution in [0.4, 0.5) is 0 Å². The van der Waals surface area contributed by atoms with Gasteiger partial charge in [-0.05, 0) is 12.2 Å². The molecule has 1 aromatic heterocycles. The fourth-order valence-electron chi connectivity index (χ4n) is 1.26. The smallest absolute Gasteiger partial charge is 0.339 e. The summed E-state index contributed by atoms with van der Waals surface area (Å²) < 4.78 is 1.75. The Labute approximate surface area is 93.7 Å². The molecule has 0 aliphatic heterocycles. The van der Waals surface area contributed by atoms with E-state index in [4.69, 9.17) is 5.11 Å². The summed E-state index contributed by atoms with van der Waals surface area (Å²) in [6.45, 7) is 6.86. The summed E-state index contributed by atoms with van der Waals surface area (Å²) in [6.07, 6.45) is 1.43. The van der Waals surface area contributed by atoms with Crippen LogP contribution in [0.5, 0.6) is 0 Å². The zero-order valence-corrected chi connectivity index (χ0v) is 10.0. The maximum Gasteiger partial charge on any atom is 0.339 e. The van der Waals surface area contributed by atoms with Crippen LogP contribution in [0, 0.1) is 0 Å². The van der Waals surface area contributed by atoms with Gasteiger partial charge in [-0.2, -0.15) is 16.9 Å². The zero-order chi connectivity index (χ0) is 11.4. The third-order valence-corrected chi connectivity index (χ3v) is 3.14. The minimum atomic E-state index is -0.894. The maximum absolute atomic E-state index is 10.9. The van der Waals surface area contributed by atoms with Crippen LogP contribution >= 0.6 is 11.8 Å². The highest BCUT2D eigenvalue weighted by Gasteiger charge is 2.15. The number of carboxylic acids is 1. The van der Waals surface area contributed by atoms with Crippen molar-refractivity contribution >= 4 is 17.7 Å². The van der Waals surface area contributed by atoms with E-state index in [-0.39, 0.29) is 0 Å². The lowest BCUT2D eigenvalue weighted by molar-refractivity contribution is 0.0696. The van der Waals surface area contributed by atoms with E-state index in [0.29, 0.717) is 23.1 Å². The van der Waals surface area contributed by atoms with Crippen molar-refractivity contribution in [2.24, 2.45) is 0 Å². The van der Waals surface area contributed by atoms with Crippen LogP contribution in [0.1, 0.15) is 36.8 Å². The molecule has 0 saturated heterocycles. The lowest BCUT2D eigenvalue weighted by atomic mass is 10.3. The molecule has 1 heterocycles. The van der Waals surface area contributed by atoms with Crippen molar-refractivity contribution in [1.82, 2.24) is 9.78 Å². The Hall–Kier alpha value is -0.970. The summed E-state index contributed by atoms with van der Waals surface area (Å²) in [7, 11) is 0. The zero-order valence-electron chi connectivity index (χ0n) is 9.23. The first-order valence-corrected chi connectivity index (χ1v) is 6.00. The Morgan fingerprint density at radius 1 is 1.67 bits per heavy atom. The second kappa shape index (κ2) is 5.21. The van der Waals surface area contributed by atoms with Crippen LogP contribution < -0.4 is 0 Å². The van der Waals surface area contributed by atoms with E-state index < -0.39 is 5.97 Å². The van der Waals surface area contributed by atoms with Gasteiger partial charge in [0.15, 0.2) is 0 Å². The van der Waals surface area contributed by atoms with Gasteiger partial charge < -0.3 is 5.11 Å². The molecule has 0 bridgehead atoms. The normalized spacial score (nSPS) is 10.9. The highest BCUT2D eigenvalue weighted by atomic mass is 32.2. The molecule has 0 radical (unpaired) electrons. The molecule has 0 unspecified atom stereocenters. The molecule has 84 valence electrons. The van der Waals surface area contributed by atoms with Gasteiger partial charge in [-0.3, -0.25) is 4.68 Å². The number of carbonyl (C=O) groups is 1. The molecule has 0 aromatic carbocycles. The second-order valence-corrected chi connectivity index (χ2v) is 5.05. The number of nitrogens with zero attached hydrogens (tertiary/aromatic N) is 2. The summed E-state index contributed by atoms with van der Waals surface area (Å²) in [5, 5.41) is 13.5. The minimum absolute atomic E-state index is 0.324. The highest BCUT2D eigenvalue weighted by Crippen LogP contribution is 2.20. The van der Waals surface area contributed by atoms with Gasteiger partial charge in [0, 0.05) is 12.3 Å². The van der Waals surface area contributed by atoms with E-state index >= 15 is 0 Å². The van der Waals surface area contributed by atoms with Gasteiger partial charge in [0.1, 0.15) is 5.56 Å². The maximum atomic E-state index is 10.9. The molecule has 1 N–H and O–H groups in total. The van der Waals surface area contributed by atoms with Crippen LogP contribution in [0.3, 0.4) is 0 Å². The number of hydrogen-bond donors (Lipinski definition) is 1. The number of aromatic nitrogens is 2. The number of aryl methyl sites for hydroxylation is 1. The van der Waals surface area contributed by atoms with Gasteiger partial charge in [-0.1, -0.05) is 13.8 Å². The summed E-state index contributed by atoms with van der Waals surface area (Å²) >= 11 is 1.73. The van der Waals surface area contributed by atoms with E-state index in [1.807, 2.05) is 6.92 Å². The first-order chi connectivity index (χ1) is 7.06. The molecule has 1 aromatic rings. The van der Waals surface area contributed by atoms with Crippen LogP contribution in [0.2, 0.25) is 0 Å². The molecular weight excluding hydrogens is 212 g/mol. The first-order valence-electron chi connectivity index (χ1n) is 4.95. The summed E-state index contributed by atoms with van der Waals surface area (Å²) in [6, 6.07) is 0. The average Bonchev–Trinajstić information content (AvgIpc) is 2.57. The van der Waals surface area contributed by atoms with Crippen molar-refractivity contribution in [2.75, 3.05) is 0 Å². The summed E-state index contributed by atoms with van der Waals surface area (Å²) in [5.41, 5.74) is 1.13. The lowest BCUT2D eigenvalue weighted by Gasteiger charge is -2.07. The molecule has 0 fully saturated rings. The number of thioether (sulfide) groups is 1. The van der Waals surface area contributed by atoms with Gasteiger partial charge >= 0.3 is 5.97 Å².